The minimum atomic E-state index is -0.574. The van der Waals surface area contributed by atoms with Crippen molar-refractivity contribution in [1.82, 2.24) is 15.5 Å². The minimum Gasteiger partial charge on any atom is -0.386 e. The second kappa shape index (κ2) is 7.98. The first kappa shape index (κ1) is 16.5. The van der Waals surface area contributed by atoms with Crippen molar-refractivity contribution in [3.8, 4) is 0 Å². The van der Waals surface area contributed by atoms with Gasteiger partial charge in [-0.1, -0.05) is 11.6 Å². The molecular weight excluding hydrogens is 308 g/mol. The fraction of sp³-hybridized carbons (Fsp3) is 0.643. The van der Waals surface area contributed by atoms with Gasteiger partial charge in [0.1, 0.15) is 6.10 Å². The summed E-state index contributed by atoms with van der Waals surface area (Å²) in [6.45, 7) is 2.45. The Balaban J connectivity index is 1.75. The van der Waals surface area contributed by atoms with Gasteiger partial charge < -0.3 is 20.6 Å². The van der Waals surface area contributed by atoms with E-state index in [9.17, 15) is 5.11 Å². The highest BCUT2D eigenvalue weighted by molar-refractivity contribution is 7.16. The number of rotatable bonds is 5. The summed E-state index contributed by atoms with van der Waals surface area (Å²) in [5.74, 6) is 0.719. The van der Waals surface area contributed by atoms with Crippen molar-refractivity contribution in [2.24, 2.45) is 4.99 Å². The second-order valence-corrected chi connectivity index (χ2v) is 7.02. The Morgan fingerprint density at radius 2 is 2.38 bits per heavy atom. The Kier molecular flexibility index (Phi) is 6.29. The summed E-state index contributed by atoms with van der Waals surface area (Å²) < 4.78 is 0.691. The molecule has 7 heteroatoms. The number of nitrogens with zero attached hydrogens (tertiary/aromatic N) is 2. The highest BCUT2D eigenvalue weighted by Crippen LogP contribution is 2.26. The fourth-order valence-electron chi connectivity index (χ4n) is 2.47. The van der Waals surface area contributed by atoms with Crippen molar-refractivity contribution in [1.29, 1.82) is 0 Å². The molecule has 1 aliphatic rings. The van der Waals surface area contributed by atoms with E-state index in [0.717, 1.165) is 23.9 Å². The zero-order chi connectivity index (χ0) is 15.2. The largest absolute Gasteiger partial charge is 0.386 e. The smallest absolute Gasteiger partial charge is 0.191 e. The summed E-state index contributed by atoms with van der Waals surface area (Å²) in [6.07, 6.45) is 1.90. The number of thiophene rings is 1. The highest BCUT2D eigenvalue weighted by Gasteiger charge is 2.20. The topological polar surface area (TPSA) is 59.9 Å². The van der Waals surface area contributed by atoms with Crippen LogP contribution in [0.4, 0.5) is 0 Å². The summed E-state index contributed by atoms with van der Waals surface area (Å²) in [5.41, 5.74) is 0. The molecule has 5 nitrogen and oxygen atoms in total. The van der Waals surface area contributed by atoms with E-state index in [1.807, 2.05) is 6.07 Å². The van der Waals surface area contributed by atoms with Gasteiger partial charge in [-0.05, 0) is 38.6 Å². The Morgan fingerprint density at radius 1 is 1.57 bits per heavy atom. The number of likely N-dealkylation sites (N-methyl/N-ethyl adjacent to an activating group) is 1. The Morgan fingerprint density at radius 3 is 2.95 bits per heavy atom. The predicted octanol–water partition coefficient (Wildman–Crippen LogP) is 1.69. The number of hydrogen-bond acceptors (Lipinski definition) is 4. The molecule has 118 valence electrons. The van der Waals surface area contributed by atoms with Gasteiger partial charge in [0, 0.05) is 31.1 Å². The van der Waals surface area contributed by atoms with Gasteiger partial charge in [-0.2, -0.15) is 0 Å². The van der Waals surface area contributed by atoms with Crippen LogP contribution in [0, 0.1) is 0 Å². The number of guanidine groups is 1. The van der Waals surface area contributed by atoms with Crippen LogP contribution in [-0.2, 0) is 0 Å². The van der Waals surface area contributed by atoms with E-state index in [-0.39, 0.29) is 0 Å². The zero-order valence-electron chi connectivity index (χ0n) is 12.5. The number of aliphatic imine (C=N–C) groups is 1. The van der Waals surface area contributed by atoms with Gasteiger partial charge in [-0.3, -0.25) is 4.99 Å². The monoisotopic (exact) mass is 330 g/mol. The standard InChI is InChI=1S/C14H23ClN4OS/c1-16-14(17-8-10-4-3-7-19(10)2)18-9-11(20)12-5-6-13(15)21-12/h5-6,10-11,20H,3-4,7-9H2,1-2H3,(H2,16,17,18). The van der Waals surface area contributed by atoms with Gasteiger partial charge in [0.15, 0.2) is 5.96 Å². The van der Waals surface area contributed by atoms with Gasteiger partial charge in [0.25, 0.3) is 0 Å². The normalized spacial score (nSPS) is 21.5. The first-order valence-corrected chi connectivity index (χ1v) is 8.37. The van der Waals surface area contributed by atoms with Crippen LogP contribution >= 0.6 is 22.9 Å². The van der Waals surface area contributed by atoms with Gasteiger partial charge in [-0.15, -0.1) is 11.3 Å². The van der Waals surface area contributed by atoms with Crippen molar-refractivity contribution in [2.45, 2.75) is 25.0 Å². The van der Waals surface area contributed by atoms with E-state index in [1.54, 1.807) is 13.1 Å². The third-order valence-corrected chi connectivity index (χ3v) is 5.12. The SMILES string of the molecule is CN=C(NCC(O)c1ccc(Cl)s1)NCC1CCCN1C. The molecule has 0 bridgehead atoms. The Hall–Kier alpha value is -0.820. The molecule has 2 atom stereocenters. The number of aliphatic hydroxyl groups is 1. The lowest BCUT2D eigenvalue weighted by molar-refractivity contribution is 0.184. The summed E-state index contributed by atoms with van der Waals surface area (Å²) in [7, 11) is 3.89. The third kappa shape index (κ3) is 4.85. The fourth-order valence-corrected chi connectivity index (χ4v) is 3.52. The molecule has 2 unspecified atom stereocenters. The molecule has 1 aromatic heterocycles. The predicted molar refractivity (Wildman–Crippen MR) is 89.3 cm³/mol. The van der Waals surface area contributed by atoms with Crippen molar-refractivity contribution < 1.29 is 5.11 Å². The van der Waals surface area contributed by atoms with E-state index < -0.39 is 6.10 Å². The number of hydrogen-bond donors (Lipinski definition) is 3. The summed E-state index contributed by atoms with van der Waals surface area (Å²) in [5, 5.41) is 16.6. The van der Waals surface area contributed by atoms with Crippen LogP contribution in [0.1, 0.15) is 23.8 Å². The van der Waals surface area contributed by atoms with Crippen LogP contribution in [0.5, 0.6) is 0 Å². The van der Waals surface area contributed by atoms with Crippen LogP contribution in [0.3, 0.4) is 0 Å². The highest BCUT2D eigenvalue weighted by atomic mass is 35.5. The average molecular weight is 331 g/mol. The maximum Gasteiger partial charge on any atom is 0.191 e. The summed E-state index contributed by atoms with van der Waals surface area (Å²) in [4.78, 5) is 7.41. The van der Waals surface area contributed by atoms with Crippen LogP contribution in [-0.4, -0.2) is 55.7 Å². The molecule has 21 heavy (non-hydrogen) atoms. The molecule has 1 saturated heterocycles. The van der Waals surface area contributed by atoms with Crippen molar-refractivity contribution in [3.05, 3.63) is 21.3 Å². The Labute approximate surface area is 135 Å². The van der Waals surface area contributed by atoms with E-state index in [4.69, 9.17) is 11.6 Å². The van der Waals surface area contributed by atoms with Crippen LogP contribution in [0.25, 0.3) is 0 Å². The molecule has 0 aromatic carbocycles. The maximum atomic E-state index is 10.1. The van der Waals surface area contributed by atoms with Gasteiger partial charge in [-0.25, -0.2) is 0 Å². The number of aliphatic hydroxyl groups excluding tert-OH is 1. The molecular formula is C14H23ClN4OS. The molecule has 0 amide bonds. The van der Waals surface area contributed by atoms with Crippen LogP contribution in [0.15, 0.2) is 17.1 Å². The van der Waals surface area contributed by atoms with Gasteiger partial charge >= 0.3 is 0 Å². The lowest BCUT2D eigenvalue weighted by Gasteiger charge is -2.21. The number of nitrogens with one attached hydrogen (secondary N) is 2. The lowest BCUT2D eigenvalue weighted by atomic mass is 10.2. The molecule has 2 heterocycles. The van der Waals surface area contributed by atoms with E-state index >= 15 is 0 Å². The van der Waals surface area contributed by atoms with E-state index in [0.29, 0.717) is 16.9 Å². The number of halogens is 1. The minimum absolute atomic E-state index is 0.414. The molecule has 1 fully saturated rings. The summed E-state index contributed by atoms with van der Waals surface area (Å²) >= 11 is 7.27. The second-order valence-electron chi connectivity index (χ2n) is 5.27. The summed E-state index contributed by atoms with van der Waals surface area (Å²) in [6, 6.07) is 4.21. The quantitative estimate of drug-likeness (QED) is 0.568. The van der Waals surface area contributed by atoms with E-state index in [1.165, 1.54) is 24.2 Å². The van der Waals surface area contributed by atoms with Crippen LogP contribution < -0.4 is 10.6 Å². The van der Waals surface area contributed by atoms with Gasteiger partial charge in [0.05, 0.1) is 4.34 Å². The Bertz CT molecular complexity index is 479. The van der Waals surface area contributed by atoms with Crippen molar-refractivity contribution in [3.63, 3.8) is 0 Å². The first-order valence-electron chi connectivity index (χ1n) is 7.18. The average Bonchev–Trinajstić information content (AvgIpc) is 3.08. The molecule has 0 saturated carbocycles. The maximum absolute atomic E-state index is 10.1. The third-order valence-electron chi connectivity index (χ3n) is 3.79. The molecule has 2 rings (SSSR count). The molecule has 0 radical (unpaired) electrons. The van der Waals surface area contributed by atoms with E-state index in [2.05, 4.69) is 27.6 Å². The first-order chi connectivity index (χ1) is 10.1. The van der Waals surface area contributed by atoms with Crippen molar-refractivity contribution in [2.75, 3.05) is 33.7 Å². The molecule has 1 aliphatic heterocycles. The van der Waals surface area contributed by atoms with Crippen molar-refractivity contribution >= 4 is 28.9 Å². The molecule has 0 aliphatic carbocycles. The molecule has 3 N–H and O–H groups in total. The lowest BCUT2D eigenvalue weighted by Crippen LogP contribution is -2.44. The molecule has 0 spiro atoms. The van der Waals surface area contributed by atoms with Gasteiger partial charge in [0.2, 0.25) is 0 Å². The molecule has 1 aromatic rings. The number of likely N-dealkylation sites (tertiary alicyclic amines) is 1. The zero-order valence-corrected chi connectivity index (χ0v) is 14.0. The van der Waals surface area contributed by atoms with Crippen LogP contribution in [0.2, 0.25) is 4.34 Å².